The first-order valence-corrected chi connectivity index (χ1v) is 6.30. The van der Waals surface area contributed by atoms with Crippen LogP contribution in [-0.2, 0) is 17.7 Å². The zero-order valence-corrected chi connectivity index (χ0v) is 11.2. The summed E-state index contributed by atoms with van der Waals surface area (Å²) in [5.74, 6) is 1.19. The van der Waals surface area contributed by atoms with E-state index in [1.165, 1.54) is 0 Å². The average Bonchev–Trinajstić information content (AvgIpc) is 2.92. The highest BCUT2D eigenvalue weighted by Crippen LogP contribution is 2.20. The standard InChI is InChI=1S/C13H18N4O2/c1-3-10-8-14-5-4-11(10)13-16-12(19-17-13)9-15-6-7-18-2/h4-5,8,15H,3,6-7,9H2,1-2H3. The molecule has 2 heterocycles. The summed E-state index contributed by atoms with van der Waals surface area (Å²) >= 11 is 0. The maximum atomic E-state index is 5.21. The van der Waals surface area contributed by atoms with Crippen molar-refractivity contribution in [1.82, 2.24) is 20.4 Å². The van der Waals surface area contributed by atoms with E-state index in [0.29, 0.717) is 24.9 Å². The summed E-state index contributed by atoms with van der Waals surface area (Å²) in [6, 6.07) is 1.91. The van der Waals surface area contributed by atoms with E-state index in [4.69, 9.17) is 9.26 Å². The van der Waals surface area contributed by atoms with Gasteiger partial charge in [0.05, 0.1) is 13.2 Å². The molecular formula is C13H18N4O2. The molecule has 2 aromatic heterocycles. The molecule has 1 N–H and O–H groups in total. The van der Waals surface area contributed by atoms with Gasteiger partial charge in [-0.05, 0) is 18.1 Å². The monoisotopic (exact) mass is 262 g/mol. The van der Waals surface area contributed by atoms with Crippen molar-refractivity contribution >= 4 is 0 Å². The van der Waals surface area contributed by atoms with Crippen molar-refractivity contribution in [3.05, 3.63) is 29.9 Å². The van der Waals surface area contributed by atoms with E-state index in [1.54, 1.807) is 13.3 Å². The van der Waals surface area contributed by atoms with Crippen molar-refractivity contribution in [3.63, 3.8) is 0 Å². The smallest absolute Gasteiger partial charge is 0.240 e. The second-order valence-electron chi connectivity index (χ2n) is 4.07. The second kappa shape index (κ2) is 6.96. The minimum Gasteiger partial charge on any atom is -0.383 e. The van der Waals surface area contributed by atoms with Crippen LogP contribution in [0.1, 0.15) is 18.4 Å². The molecular weight excluding hydrogens is 244 g/mol. The Morgan fingerprint density at radius 3 is 3.11 bits per heavy atom. The molecule has 0 aliphatic heterocycles. The van der Waals surface area contributed by atoms with Crippen molar-refractivity contribution in [1.29, 1.82) is 0 Å². The van der Waals surface area contributed by atoms with E-state index in [-0.39, 0.29) is 0 Å². The van der Waals surface area contributed by atoms with Crippen LogP contribution in [0.5, 0.6) is 0 Å². The first kappa shape index (κ1) is 13.6. The minimum atomic E-state index is 0.545. The van der Waals surface area contributed by atoms with Gasteiger partial charge in [0.2, 0.25) is 11.7 Å². The third-order valence-electron chi connectivity index (χ3n) is 2.75. The maximum absolute atomic E-state index is 5.21. The number of pyridine rings is 1. The lowest BCUT2D eigenvalue weighted by atomic mass is 10.1. The molecule has 6 heteroatoms. The molecule has 0 saturated carbocycles. The van der Waals surface area contributed by atoms with Gasteiger partial charge in [-0.2, -0.15) is 4.98 Å². The summed E-state index contributed by atoms with van der Waals surface area (Å²) in [6.07, 6.45) is 4.46. The topological polar surface area (TPSA) is 73.1 Å². The summed E-state index contributed by atoms with van der Waals surface area (Å²) in [5.41, 5.74) is 2.09. The van der Waals surface area contributed by atoms with Gasteiger partial charge in [0.1, 0.15) is 0 Å². The summed E-state index contributed by atoms with van der Waals surface area (Å²) < 4.78 is 10.2. The van der Waals surface area contributed by atoms with Crippen LogP contribution in [0.15, 0.2) is 23.0 Å². The first-order valence-electron chi connectivity index (χ1n) is 6.30. The molecule has 0 bridgehead atoms. The van der Waals surface area contributed by atoms with Crippen molar-refractivity contribution < 1.29 is 9.26 Å². The summed E-state index contributed by atoms with van der Waals surface area (Å²) in [7, 11) is 1.67. The summed E-state index contributed by atoms with van der Waals surface area (Å²) in [4.78, 5) is 8.48. The van der Waals surface area contributed by atoms with Gasteiger partial charge in [-0.15, -0.1) is 0 Å². The van der Waals surface area contributed by atoms with Gasteiger partial charge < -0.3 is 14.6 Å². The lowest BCUT2D eigenvalue weighted by Gasteiger charge is -2.01. The quantitative estimate of drug-likeness (QED) is 0.761. The van der Waals surface area contributed by atoms with Crippen LogP contribution in [0, 0.1) is 0 Å². The first-order chi connectivity index (χ1) is 9.35. The van der Waals surface area contributed by atoms with Gasteiger partial charge in [0.15, 0.2) is 0 Å². The van der Waals surface area contributed by atoms with Crippen LogP contribution in [-0.4, -0.2) is 35.4 Å². The van der Waals surface area contributed by atoms with E-state index in [2.05, 4.69) is 27.4 Å². The molecule has 0 saturated heterocycles. The molecule has 0 aromatic carbocycles. The van der Waals surface area contributed by atoms with Crippen molar-refractivity contribution in [2.75, 3.05) is 20.3 Å². The molecule has 0 radical (unpaired) electrons. The highest BCUT2D eigenvalue weighted by atomic mass is 16.5. The molecule has 0 unspecified atom stereocenters. The van der Waals surface area contributed by atoms with Gasteiger partial charge in [0.25, 0.3) is 0 Å². The van der Waals surface area contributed by atoms with Gasteiger partial charge in [-0.25, -0.2) is 0 Å². The van der Waals surface area contributed by atoms with Crippen LogP contribution >= 0.6 is 0 Å². The van der Waals surface area contributed by atoms with Crippen molar-refractivity contribution in [2.24, 2.45) is 0 Å². The number of hydrogen-bond donors (Lipinski definition) is 1. The summed E-state index contributed by atoms with van der Waals surface area (Å²) in [6.45, 7) is 4.03. The average molecular weight is 262 g/mol. The molecule has 2 aromatic rings. The van der Waals surface area contributed by atoms with Crippen molar-refractivity contribution in [2.45, 2.75) is 19.9 Å². The van der Waals surface area contributed by atoms with E-state index in [1.807, 2.05) is 12.3 Å². The highest BCUT2D eigenvalue weighted by molar-refractivity contribution is 5.58. The zero-order chi connectivity index (χ0) is 13.5. The van der Waals surface area contributed by atoms with Crippen LogP contribution in [0.4, 0.5) is 0 Å². The lowest BCUT2D eigenvalue weighted by Crippen LogP contribution is -2.18. The number of ether oxygens (including phenoxy) is 1. The third-order valence-corrected chi connectivity index (χ3v) is 2.75. The molecule has 0 spiro atoms. The lowest BCUT2D eigenvalue weighted by molar-refractivity contribution is 0.197. The maximum Gasteiger partial charge on any atom is 0.240 e. The number of methoxy groups -OCH3 is 1. The van der Waals surface area contributed by atoms with Gasteiger partial charge >= 0.3 is 0 Å². The number of rotatable bonds is 7. The molecule has 0 aliphatic carbocycles. The molecule has 0 aliphatic rings. The molecule has 19 heavy (non-hydrogen) atoms. The van der Waals surface area contributed by atoms with E-state index in [0.717, 1.165) is 24.1 Å². The van der Waals surface area contributed by atoms with Crippen LogP contribution in [0.25, 0.3) is 11.4 Å². The van der Waals surface area contributed by atoms with Crippen LogP contribution in [0.3, 0.4) is 0 Å². The third kappa shape index (κ3) is 3.59. The molecule has 0 fully saturated rings. The Kier molecular flexibility index (Phi) is 5.00. The molecule has 0 amide bonds. The zero-order valence-electron chi connectivity index (χ0n) is 11.2. The van der Waals surface area contributed by atoms with Gasteiger partial charge in [-0.3, -0.25) is 4.98 Å². The van der Waals surface area contributed by atoms with Crippen molar-refractivity contribution in [3.8, 4) is 11.4 Å². The Morgan fingerprint density at radius 1 is 1.42 bits per heavy atom. The number of aromatic nitrogens is 3. The number of nitrogens with zero attached hydrogens (tertiary/aromatic N) is 3. The molecule has 6 nitrogen and oxygen atoms in total. The number of nitrogens with one attached hydrogen (secondary N) is 1. The number of hydrogen-bond acceptors (Lipinski definition) is 6. The van der Waals surface area contributed by atoms with E-state index >= 15 is 0 Å². The SMILES string of the molecule is CCc1cnccc1-c1noc(CNCCOC)n1. The highest BCUT2D eigenvalue weighted by Gasteiger charge is 2.11. The van der Waals surface area contributed by atoms with E-state index in [9.17, 15) is 0 Å². The Morgan fingerprint density at radius 2 is 2.32 bits per heavy atom. The summed E-state index contributed by atoms with van der Waals surface area (Å²) in [5, 5.41) is 7.17. The predicted octanol–water partition coefficient (Wildman–Crippen LogP) is 1.43. The largest absolute Gasteiger partial charge is 0.383 e. The Balaban J connectivity index is 2.04. The number of aryl methyl sites for hydroxylation is 1. The fourth-order valence-electron chi connectivity index (χ4n) is 1.73. The fraction of sp³-hybridized carbons (Fsp3) is 0.462. The molecule has 2 rings (SSSR count). The second-order valence-corrected chi connectivity index (χ2v) is 4.07. The Labute approximate surface area is 112 Å². The van der Waals surface area contributed by atoms with Gasteiger partial charge in [-0.1, -0.05) is 12.1 Å². The normalized spacial score (nSPS) is 10.8. The Bertz CT molecular complexity index is 513. The minimum absolute atomic E-state index is 0.545. The fourth-order valence-corrected chi connectivity index (χ4v) is 1.73. The predicted molar refractivity (Wildman–Crippen MR) is 70.5 cm³/mol. The Hall–Kier alpha value is -1.79. The van der Waals surface area contributed by atoms with Gasteiger partial charge in [0, 0.05) is 31.6 Å². The molecule has 0 atom stereocenters. The molecule has 102 valence electrons. The van der Waals surface area contributed by atoms with Crippen LogP contribution < -0.4 is 5.32 Å². The van der Waals surface area contributed by atoms with Crippen LogP contribution in [0.2, 0.25) is 0 Å². The van der Waals surface area contributed by atoms with E-state index < -0.39 is 0 Å².